The number of nitrogens with zero attached hydrogens (tertiary/aromatic N) is 3. The summed E-state index contributed by atoms with van der Waals surface area (Å²) in [5.74, 6) is 1.96. The maximum absolute atomic E-state index is 10.9. The summed E-state index contributed by atoms with van der Waals surface area (Å²) in [7, 11) is 0. The Labute approximate surface area is 177 Å². The number of aliphatic imine (C=N–C) groups is 1. The molecule has 8 heteroatoms. The van der Waals surface area contributed by atoms with Gasteiger partial charge in [-0.25, -0.2) is 9.98 Å². The van der Waals surface area contributed by atoms with Crippen LogP contribution in [0.5, 0.6) is 5.75 Å². The van der Waals surface area contributed by atoms with Crippen molar-refractivity contribution in [1.82, 2.24) is 15.6 Å². The van der Waals surface area contributed by atoms with Crippen molar-refractivity contribution in [3.8, 4) is 5.75 Å². The van der Waals surface area contributed by atoms with E-state index in [1.54, 1.807) is 6.07 Å². The molecule has 8 nitrogen and oxygen atoms in total. The van der Waals surface area contributed by atoms with Gasteiger partial charge in [-0.3, -0.25) is 4.79 Å². The summed E-state index contributed by atoms with van der Waals surface area (Å²) < 4.78 is 5.37. The molecule has 1 fully saturated rings. The highest BCUT2D eigenvalue weighted by atomic mass is 16.5. The summed E-state index contributed by atoms with van der Waals surface area (Å²) >= 11 is 0. The highest BCUT2D eigenvalue weighted by Crippen LogP contribution is 2.17. The Kier molecular flexibility index (Phi) is 7.88. The number of pyridine rings is 1. The minimum atomic E-state index is -0.494. The molecule has 160 valence electrons. The van der Waals surface area contributed by atoms with E-state index in [1.165, 1.54) is 0 Å². The third-order valence-corrected chi connectivity index (χ3v) is 4.85. The van der Waals surface area contributed by atoms with E-state index >= 15 is 0 Å². The Balaban J connectivity index is 1.54. The van der Waals surface area contributed by atoms with Crippen LogP contribution < -0.4 is 26.0 Å². The minimum Gasteiger partial charge on any atom is -0.484 e. The number of aromatic nitrogens is 1. The number of benzene rings is 1. The molecule has 0 spiro atoms. The number of rotatable bonds is 8. The molecule has 0 unspecified atom stereocenters. The Hall–Kier alpha value is -3.29. The van der Waals surface area contributed by atoms with Crippen molar-refractivity contribution in [3.05, 3.63) is 54.2 Å². The first-order valence-corrected chi connectivity index (χ1v) is 10.3. The van der Waals surface area contributed by atoms with Crippen LogP contribution in [0.25, 0.3) is 0 Å². The number of hydrogen-bond donors (Lipinski definition) is 3. The van der Waals surface area contributed by atoms with E-state index in [0.717, 1.165) is 49.8 Å². The van der Waals surface area contributed by atoms with E-state index in [-0.39, 0.29) is 6.61 Å². The average Bonchev–Trinajstić information content (AvgIpc) is 2.78. The number of amides is 1. The van der Waals surface area contributed by atoms with Gasteiger partial charge >= 0.3 is 0 Å². The molecule has 0 saturated carbocycles. The number of piperidine rings is 1. The van der Waals surface area contributed by atoms with E-state index in [2.05, 4.69) is 33.5 Å². The minimum absolute atomic E-state index is 0.131. The smallest absolute Gasteiger partial charge is 0.255 e. The molecule has 2 aromatic rings. The largest absolute Gasteiger partial charge is 0.484 e. The Morgan fingerprint density at radius 1 is 1.27 bits per heavy atom. The van der Waals surface area contributed by atoms with Crippen molar-refractivity contribution in [2.75, 3.05) is 31.1 Å². The molecule has 30 heavy (non-hydrogen) atoms. The zero-order valence-corrected chi connectivity index (χ0v) is 17.4. The average molecular weight is 411 g/mol. The fraction of sp³-hybridized carbons (Fsp3) is 0.409. The maximum Gasteiger partial charge on any atom is 0.255 e. The van der Waals surface area contributed by atoms with Gasteiger partial charge in [0, 0.05) is 31.9 Å². The second kappa shape index (κ2) is 11.0. The molecule has 0 radical (unpaired) electrons. The number of carbonyl (C=O) groups is 1. The van der Waals surface area contributed by atoms with Gasteiger partial charge in [0.15, 0.2) is 12.6 Å². The predicted octanol–water partition coefficient (Wildman–Crippen LogP) is 1.67. The first kappa shape index (κ1) is 21.4. The van der Waals surface area contributed by atoms with Crippen LogP contribution in [0.4, 0.5) is 5.82 Å². The topological polar surface area (TPSA) is 105 Å². The van der Waals surface area contributed by atoms with Gasteiger partial charge in [0.2, 0.25) is 0 Å². The van der Waals surface area contributed by atoms with Crippen molar-refractivity contribution in [2.24, 2.45) is 10.7 Å². The molecule has 1 aliphatic heterocycles. The normalized spacial score (nSPS) is 15.0. The standard InChI is InChI=1S/C22H30N6O2/c1-2-24-22(26-15-17-6-5-7-19(14-17)30-16-20(23)29)27-18-9-12-28(13-10-18)21-8-3-4-11-25-21/h3-8,11,14,18H,2,9-10,12-13,15-16H2,1H3,(H2,23,29)(H2,24,26,27). The van der Waals surface area contributed by atoms with Crippen molar-refractivity contribution in [2.45, 2.75) is 32.4 Å². The van der Waals surface area contributed by atoms with Gasteiger partial charge in [0.05, 0.1) is 6.54 Å². The monoisotopic (exact) mass is 410 g/mol. The van der Waals surface area contributed by atoms with Gasteiger partial charge in [0.1, 0.15) is 11.6 Å². The fourth-order valence-corrected chi connectivity index (χ4v) is 3.37. The lowest BCUT2D eigenvalue weighted by molar-refractivity contribution is -0.119. The van der Waals surface area contributed by atoms with E-state index in [1.807, 2.05) is 36.5 Å². The zero-order chi connectivity index (χ0) is 21.2. The molecule has 1 saturated heterocycles. The van der Waals surface area contributed by atoms with E-state index in [4.69, 9.17) is 15.5 Å². The van der Waals surface area contributed by atoms with Crippen molar-refractivity contribution >= 4 is 17.7 Å². The number of guanidine groups is 1. The molecular formula is C22H30N6O2. The van der Waals surface area contributed by atoms with Crippen molar-refractivity contribution in [3.63, 3.8) is 0 Å². The Bertz CT molecular complexity index is 835. The molecule has 4 N–H and O–H groups in total. The molecule has 0 bridgehead atoms. The van der Waals surface area contributed by atoms with Gasteiger partial charge in [-0.05, 0) is 49.6 Å². The highest BCUT2D eigenvalue weighted by molar-refractivity contribution is 5.80. The van der Waals surface area contributed by atoms with Crippen molar-refractivity contribution in [1.29, 1.82) is 0 Å². The van der Waals surface area contributed by atoms with Gasteiger partial charge in [-0.1, -0.05) is 18.2 Å². The van der Waals surface area contributed by atoms with Gasteiger partial charge < -0.3 is 26.0 Å². The van der Waals surface area contributed by atoms with Crippen molar-refractivity contribution < 1.29 is 9.53 Å². The first-order chi connectivity index (χ1) is 14.6. The lowest BCUT2D eigenvalue weighted by Gasteiger charge is -2.33. The molecule has 0 aliphatic carbocycles. The summed E-state index contributed by atoms with van der Waals surface area (Å²) in [6.07, 6.45) is 3.89. The summed E-state index contributed by atoms with van der Waals surface area (Å²) in [6, 6.07) is 13.9. The number of ether oxygens (including phenoxy) is 1. The Morgan fingerprint density at radius 2 is 2.10 bits per heavy atom. The van der Waals surface area contributed by atoms with Crippen LogP contribution >= 0.6 is 0 Å². The second-order valence-corrected chi connectivity index (χ2v) is 7.19. The van der Waals surface area contributed by atoms with E-state index in [9.17, 15) is 4.79 Å². The Morgan fingerprint density at radius 3 is 2.80 bits per heavy atom. The number of nitrogens with one attached hydrogen (secondary N) is 2. The molecule has 1 aliphatic rings. The number of anilines is 1. The molecule has 1 aromatic carbocycles. The lowest BCUT2D eigenvalue weighted by atomic mass is 10.1. The lowest BCUT2D eigenvalue weighted by Crippen LogP contribution is -2.48. The molecule has 2 heterocycles. The zero-order valence-electron chi connectivity index (χ0n) is 17.4. The highest BCUT2D eigenvalue weighted by Gasteiger charge is 2.20. The third-order valence-electron chi connectivity index (χ3n) is 4.85. The number of hydrogen-bond acceptors (Lipinski definition) is 5. The van der Waals surface area contributed by atoms with Crippen LogP contribution in [0, 0.1) is 0 Å². The van der Waals surface area contributed by atoms with Gasteiger partial charge in [-0.15, -0.1) is 0 Å². The number of nitrogens with two attached hydrogens (primary N) is 1. The summed E-state index contributed by atoms with van der Waals surface area (Å²) in [5, 5.41) is 6.87. The molecular weight excluding hydrogens is 380 g/mol. The van der Waals surface area contributed by atoms with Crippen LogP contribution in [0.15, 0.2) is 53.7 Å². The molecule has 1 aromatic heterocycles. The molecule has 3 rings (SSSR count). The maximum atomic E-state index is 10.9. The summed E-state index contributed by atoms with van der Waals surface area (Å²) in [5.41, 5.74) is 6.13. The SMILES string of the molecule is CCNC(=NCc1cccc(OCC(N)=O)c1)NC1CCN(c2ccccn2)CC1. The summed E-state index contributed by atoms with van der Waals surface area (Å²) in [6.45, 7) is 5.16. The number of carbonyl (C=O) groups excluding carboxylic acids is 1. The fourth-order valence-electron chi connectivity index (χ4n) is 3.37. The quantitative estimate of drug-likeness (QED) is 0.452. The number of primary amides is 1. The predicted molar refractivity (Wildman–Crippen MR) is 119 cm³/mol. The summed E-state index contributed by atoms with van der Waals surface area (Å²) in [4.78, 5) is 22.4. The second-order valence-electron chi connectivity index (χ2n) is 7.19. The molecule has 1 amide bonds. The third kappa shape index (κ3) is 6.65. The van der Waals surface area contributed by atoms with Gasteiger partial charge in [0.25, 0.3) is 5.91 Å². The van der Waals surface area contributed by atoms with Gasteiger partial charge in [-0.2, -0.15) is 0 Å². The van der Waals surface area contributed by atoms with E-state index in [0.29, 0.717) is 18.3 Å². The van der Waals surface area contributed by atoms with Crippen LogP contribution in [0.3, 0.4) is 0 Å². The van der Waals surface area contributed by atoms with Crippen LogP contribution in [0.2, 0.25) is 0 Å². The molecule has 0 atom stereocenters. The van der Waals surface area contributed by atoms with Crippen LogP contribution in [-0.4, -0.2) is 49.1 Å². The van der Waals surface area contributed by atoms with Crippen LogP contribution in [0.1, 0.15) is 25.3 Å². The first-order valence-electron chi connectivity index (χ1n) is 10.3. The van der Waals surface area contributed by atoms with Crippen LogP contribution in [-0.2, 0) is 11.3 Å². The van der Waals surface area contributed by atoms with E-state index < -0.39 is 5.91 Å².